The zero-order valence-electron chi connectivity index (χ0n) is 15.7. The van der Waals surface area contributed by atoms with Gasteiger partial charge in [-0.2, -0.15) is 0 Å². The average molecular weight is 399 g/mol. The van der Waals surface area contributed by atoms with Crippen molar-refractivity contribution in [3.63, 3.8) is 0 Å². The molecule has 156 valence electrons. The Morgan fingerprint density at radius 2 is 1.75 bits per heavy atom. The van der Waals surface area contributed by atoms with E-state index in [0.717, 1.165) is 11.1 Å². The maximum atomic E-state index is 12.0. The van der Waals surface area contributed by atoms with Crippen LogP contribution < -0.4 is 10.1 Å². The van der Waals surface area contributed by atoms with Gasteiger partial charge in [-0.1, -0.05) is 18.2 Å². The van der Waals surface area contributed by atoms with Crippen molar-refractivity contribution in [1.82, 2.24) is 5.32 Å². The van der Waals surface area contributed by atoms with Crippen LogP contribution in [0.1, 0.15) is 18.1 Å². The Morgan fingerprint density at radius 1 is 1.14 bits per heavy atom. The van der Waals surface area contributed by atoms with Crippen LogP contribution in [-0.2, 0) is 14.3 Å². The van der Waals surface area contributed by atoms with Crippen LogP contribution in [0.15, 0.2) is 18.2 Å². The molecule has 1 aromatic carbocycles. The number of carboxylic acid groups (broad SMARTS) is 1. The lowest BCUT2D eigenvalue weighted by atomic mass is 9.99. The normalized spacial score (nSPS) is 28.3. The lowest BCUT2D eigenvalue weighted by Crippen LogP contribution is -2.61. The van der Waals surface area contributed by atoms with Crippen molar-refractivity contribution in [2.45, 2.75) is 57.5 Å². The quantitative estimate of drug-likeness (QED) is 0.433. The van der Waals surface area contributed by atoms with E-state index in [9.17, 15) is 24.9 Å². The van der Waals surface area contributed by atoms with E-state index >= 15 is 0 Å². The van der Waals surface area contributed by atoms with Crippen molar-refractivity contribution in [3.05, 3.63) is 29.3 Å². The molecule has 0 aromatic heterocycles. The number of aryl methyl sites for hydroxylation is 2. The number of rotatable bonds is 6. The van der Waals surface area contributed by atoms with Gasteiger partial charge in [-0.3, -0.25) is 0 Å². The minimum Gasteiger partial charge on any atom is -0.491 e. The van der Waals surface area contributed by atoms with Gasteiger partial charge in [0, 0.05) is 0 Å². The maximum absolute atomic E-state index is 12.0. The highest BCUT2D eigenvalue weighted by Crippen LogP contribution is 2.23. The molecule has 1 heterocycles. The van der Waals surface area contributed by atoms with Crippen molar-refractivity contribution in [1.29, 1.82) is 0 Å². The molecule has 1 saturated heterocycles. The molecule has 0 aliphatic carbocycles. The van der Waals surface area contributed by atoms with E-state index in [1.807, 2.05) is 32.0 Å². The molecule has 10 heteroatoms. The number of alkyl carbamates (subject to hydrolysis) is 1. The summed E-state index contributed by atoms with van der Waals surface area (Å²) in [5.74, 6) is -0.861. The molecule has 1 unspecified atom stereocenters. The van der Waals surface area contributed by atoms with Crippen LogP contribution in [0.25, 0.3) is 0 Å². The average Bonchev–Trinajstić information content (AvgIpc) is 2.61. The Hall–Kier alpha value is -2.40. The molecule has 1 amide bonds. The first-order valence-corrected chi connectivity index (χ1v) is 8.70. The Bertz CT molecular complexity index is 690. The summed E-state index contributed by atoms with van der Waals surface area (Å²) >= 11 is 0. The third-order valence-corrected chi connectivity index (χ3v) is 4.29. The number of benzene rings is 1. The molecule has 0 bridgehead atoms. The topological polar surface area (TPSA) is 155 Å². The standard InChI is InChI=1S/C18H25NO9/c1-8-5-4-6-9(2)14(8)26-7-10(3)19-18(25)28-17-13(22)11(20)12(21)15(27-17)16(23)24/h4-6,10-13,15,17,20-22H,7H2,1-3H3,(H,19,25)(H,23,24)/t10?,11-,12-,13+,15-,17-/m0/s1. The Labute approximate surface area is 161 Å². The molecular weight excluding hydrogens is 374 g/mol. The number of hydrogen-bond donors (Lipinski definition) is 5. The number of aliphatic hydroxyl groups excluding tert-OH is 3. The van der Waals surface area contributed by atoms with E-state index in [4.69, 9.17) is 19.3 Å². The largest absolute Gasteiger partial charge is 0.491 e. The van der Waals surface area contributed by atoms with Gasteiger partial charge in [-0.25, -0.2) is 9.59 Å². The highest BCUT2D eigenvalue weighted by atomic mass is 16.7. The predicted molar refractivity (Wildman–Crippen MR) is 94.8 cm³/mol. The minimum absolute atomic E-state index is 0.133. The van der Waals surface area contributed by atoms with Crippen LogP contribution in [0.4, 0.5) is 4.79 Å². The van der Waals surface area contributed by atoms with Crippen molar-refractivity contribution in [2.75, 3.05) is 6.61 Å². The Morgan fingerprint density at radius 3 is 2.32 bits per heavy atom. The monoisotopic (exact) mass is 399 g/mol. The molecule has 0 radical (unpaired) electrons. The predicted octanol–water partition coefficient (Wildman–Crippen LogP) is -0.311. The second kappa shape index (κ2) is 9.20. The molecule has 2 rings (SSSR count). The molecule has 5 N–H and O–H groups in total. The van der Waals surface area contributed by atoms with Crippen LogP contribution >= 0.6 is 0 Å². The van der Waals surface area contributed by atoms with E-state index in [0.29, 0.717) is 5.75 Å². The van der Waals surface area contributed by atoms with Crippen LogP contribution in [0.3, 0.4) is 0 Å². The fraction of sp³-hybridized carbons (Fsp3) is 0.556. The smallest absolute Gasteiger partial charge is 0.409 e. The number of aliphatic carboxylic acids is 1. The number of hydrogen-bond acceptors (Lipinski definition) is 8. The van der Waals surface area contributed by atoms with Crippen LogP contribution in [-0.4, -0.2) is 75.8 Å². The molecule has 1 aliphatic heterocycles. The van der Waals surface area contributed by atoms with Gasteiger partial charge >= 0.3 is 12.1 Å². The van der Waals surface area contributed by atoms with E-state index in [1.165, 1.54) is 0 Å². The summed E-state index contributed by atoms with van der Waals surface area (Å²) < 4.78 is 15.5. The summed E-state index contributed by atoms with van der Waals surface area (Å²) in [7, 11) is 0. The number of para-hydroxylation sites is 1. The summed E-state index contributed by atoms with van der Waals surface area (Å²) in [6, 6.07) is 5.21. The lowest BCUT2D eigenvalue weighted by molar-refractivity contribution is -0.278. The molecular formula is C18H25NO9. The zero-order chi connectivity index (χ0) is 21.0. The first-order valence-electron chi connectivity index (χ1n) is 8.70. The van der Waals surface area contributed by atoms with Gasteiger partial charge in [-0.15, -0.1) is 0 Å². The molecule has 28 heavy (non-hydrogen) atoms. The van der Waals surface area contributed by atoms with E-state index in [2.05, 4.69) is 5.32 Å². The molecule has 1 aromatic rings. The number of carbonyl (C=O) groups is 2. The summed E-state index contributed by atoms with van der Waals surface area (Å²) in [6.45, 7) is 5.59. The molecule has 0 spiro atoms. The van der Waals surface area contributed by atoms with Crippen molar-refractivity contribution >= 4 is 12.1 Å². The summed E-state index contributed by atoms with van der Waals surface area (Å²) in [5, 5.41) is 40.6. The van der Waals surface area contributed by atoms with Crippen LogP contribution in [0.5, 0.6) is 5.75 Å². The van der Waals surface area contributed by atoms with Gasteiger partial charge < -0.3 is 40.0 Å². The van der Waals surface area contributed by atoms with Crippen LogP contribution in [0, 0.1) is 13.8 Å². The summed E-state index contributed by atoms with van der Waals surface area (Å²) in [6.07, 6.45) is -10.1. The second-order valence-electron chi connectivity index (χ2n) is 6.72. The Kier molecular flexibility index (Phi) is 7.19. The van der Waals surface area contributed by atoms with Gasteiger partial charge in [0.15, 0.2) is 6.10 Å². The van der Waals surface area contributed by atoms with E-state index in [-0.39, 0.29) is 6.61 Å². The van der Waals surface area contributed by atoms with Crippen molar-refractivity contribution < 1.29 is 44.2 Å². The Balaban J connectivity index is 1.89. The number of nitrogens with one attached hydrogen (secondary N) is 1. The molecule has 1 fully saturated rings. The van der Waals surface area contributed by atoms with Gasteiger partial charge in [0.05, 0.1) is 6.04 Å². The number of carboxylic acids is 1. The molecule has 10 nitrogen and oxygen atoms in total. The maximum Gasteiger partial charge on any atom is 0.409 e. The number of amides is 1. The molecule has 1 aliphatic rings. The minimum atomic E-state index is -1.86. The highest BCUT2D eigenvalue weighted by molar-refractivity contribution is 5.73. The first-order chi connectivity index (χ1) is 13.1. The summed E-state index contributed by atoms with van der Waals surface area (Å²) in [5.41, 5.74) is 1.89. The first kappa shape index (κ1) is 21.9. The van der Waals surface area contributed by atoms with Crippen molar-refractivity contribution in [3.8, 4) is 5.75 Å². The fourth-order valence-electron chi connectivity index (χ4n) is 2.77. The van der Waals surface area contributed by atoms with Gasteiger partial charge in [-0.05, 0) is 31.9 Å². The number of aliphatic hydroxyl groups is 3. The van der Waals surface area contributed by atoms with E-state index in [1.54, 1.807) is 6.92 Å². The van der Waals surface area contributed by atoms with E-state index < -0.39 is 48.8 Å². The van der Waals surface area contributed by atoms with Gasteiger partial charge in [0.1, 0.15) is 30.7 Å². The van der Waals surface area contributed by atoms with Gasteiger partial charge in [0.2, 0.25) is 6.29 Å². The SMILES string of the molecule is Cc1cccc(C)c1OCC(C)NC(=O)O[C@@H]1O[C@H](C(=O)O)[C@@H](O)[C@H](O)[C@H]1O. The second-order valence-corrected chi connectivity index (χ2v) is 6.72. The number of carbonyl (C=O) groups excluding carboxylic acids is 1. The molecule has 0 saturated carbocycles. The highest BCUT2D eigenvalue weighted by Gasteiger charge is 2.48. The van der Waals surface area contributed by atoms with Crippen molar-refractivity contribution in [2.24, 2.45) is 0 Å². The zero-order valence-corrected chi connectivity index (χ0v) is 15.7. The molecule has 6 atom stereocenters. The fourth-order valence-corrected chi connectivity index (χ4v) is 2.77. The van der Waals surface area contributed by atoms with Gasteiger partial charge in [0.25, 0.3) is 0 Å². The summed E-state index contributed by atoms with van der Waals surface area (Å²) in [4.78, 5) is 23.1. The van der Waals surface area contributed by atoms with Crippen LogP contribution in [0.2, 0.25) is 0 Å². The third kappa shape index (κ3) is 5.10. The lowest BCUT2D eigenvalue weighted by Gasteiger charge is -2.38. The third-order valence-electron chi connectivity index (χ3n) is 4.29. The number of ether oxygens (including phenoxy) is 3.